The van der Waals surface area contributed by atoms with Gasteiger partial charge in [-0.3, -0.25) is 4.99 Å². The molecule has 6 nitrogen and oxygen atoms in total. The van der Waals surface area contributed by atoms with E-state index in [4.69, 9.17) is 0 Å². The molecule has 1 saturated heterocycles. The van der Waals surface area contributed by atoms with Crippen molar-refractivity contribution in [2.24, 2.45) is 4.99 Å². The van der Waals surface area contributed by atoms with Crippen LogP contribution in [0.5, 0.6) is 0 Å². The average molecular weight is 377 g/mol. The van der Waals surface area contributed by atoms with Crippen molar-refractivity contribution in [2.75, 3.05) is 38.1 Å². The molecule has 1 aromatic carbocycles. The second-order valence-electron chi connectivity index (χ2n) is 6.31. The highest BCUT2D eigenvalue weighted by molar-refractivity contribution is 7.09. The van der Waals surface area contributed by atoms with Gasteiger partial charge in [0.05, 0.1) is 0 Å². The summed E-state index contributed by atoms with van der Waals surface area (Å²) in [6.45, 7) is 8.03. The van der Waals surface area contributed by atoms with E-state index in [1.807, 2.05) is 6.07 Å². The SMILES string of the molecule is CCc1nsc(N2CCN(C(=NC)NCc3ccc(F)c(C)c3)CC2)n1. The summed E-state index contributed by atoms with van der Waals surface area (Å²) in [5, 5.41) is 4.39. The number of halogens is 1. The van der Waals surface area contributed by atoms with Crippen molar-refractivity contribution in [3.63, 3.8) is 0 Å². The Kier molecular flexibility index (Phi) is 6.03. The van der Waals surface area contributed by atoms with E-state index in [1.54, 1.807) is 20.0 Å². The number of benzene rings is 1. The number of aryl methyl sites for hydroxylation is 2. The van der Waals surface area contributed by atoms with Crippen LogP contribution in [-0.2, 0) is 13.0 Å². The van der Waals surface area contributed by atoms with Gasteiger partial charge >= 0.3 is 0 Å². The summed E-state index contributed by atoms with van der Waals surface area (Å²) in [7, 11) is 1.79. The first-order valence-corrected chi connectivity index (χ1v) is 9.66. The van der Waals surface area contributed by atoms with Gasteiger partial charge in [0.1, 0.15) is 11.6 Å². The van der Waals surface area contributed by atoms with Crippen molar-refractivity contribution < 1.29 is 4.39 Å². The Bertz CT molecular complexity index is 767. The molecule has 0 saturated carbocycles. The Balaban J connectivity index is 1.54. The molecule has 0 atom stereocenters. The van der Waals surface area contributed by atoms with E-state index >= 15 is 0 Å². The fourth-order valence-corrected chi connectivity index (χ4v) is 3.76. The molecule has 1 aromatic heterocycles. The monoisotopic (exact) mass is 376 g/mol. The van der Waals surface area contributed by atoms with Crippen molar-refractivity contribution >= 4 is 22.6 Å². The van der Waals surface area contributed by atoms with Crippen molar-refractivity contribution in [3.05, 3.63) is 41.0 Å². The van der Waals surface area contributed by atoms with Gasteiger partial charge in [0.25, 0.3) is 0 Å². The summed E-state index contributed by atoms with van der Waals surface area (Å²) in [6.07, 6.45) is 0.871. The lowest BCUT2D eigenvalue weighted by atomic mass is 10.1. The van der Waals surface area contributed by atoms with E-state index in [0.717, 1.165) is 55.1 Å². The van der Waals surface area contributed by atoms with Gasteiger partial charge in [-0.05, 0) is 24.1 Å². The molecule has 1 fully saturated rings. The highest BCUT2D eigenvalue weighted by atomic mass is 32.1. The van der Waals surface area contributed by atoms with Gasteiger partial charge in [-0.1, -0.05) is 19.1 Å². The lowest BCUT2D eigenvalue weighted by Gasteiger charge is -2.36. The van der Waals surface area contributed by atoms with E-state index in [2.05, 4.69) is 36.4 Å². The fraction of sp³-hybridized carbons (Fsp3) is 0.500. The summed E-state index contributed by atoms with van der Waals surface area (Å²) in [5.74, 6) is 1.62. The average Bonchev–Trinajstić information content (AvgIpc) is 3.15. The first-order valence-electron chi connectivity index (χ1n) is 8.89. The number of anilines is 1. The maximum absolute atomic E-state index is 13.4. The third kappa shape index (κ3) is 4.30. The summed E-state index contributed by atoms with van der Waals surface area (Å²) in [6, 6.07) is 5.19. The Hall–Kier alpha value is -2.22. The van der Waals surface area contributed by atoms with E-state index in [9.17, 15) is 4.39 Å². The molecule has 0 amide bonds. The molecule has 0 unspecified atom stereocenters. The van der Waals surface area contributed by atoms with Crippen LogP contribution in [0.1, 0.15) is 23.9 Å². The second kappa shape index (κ2) is 8.44. The Morgan fingerprint density at radius 2 is 2.08 bits per heavy atom. The number of nitrogens with zero attached hydrogens (tertiary/aromatic N) is 5. The molecule has 0 aliphatic carbocycles. The van der Waals surface area contributed by atoms with Gasteiger partial charge in [0.2, 0.25) is 5.13 Å². The Labute approximate surface area is 157 Å². The van der Waals surface area contributed by atoms with Crippen molar-refractivity contribution in [1.29, 1.82) is 0 Å². The first kappa shape index (κ1) is 18.6. The molecule has 1 N–H and O–H groups in total. The van der Waals surface area contributed by atoms with E-state index in [1.165, 1.54) is 17.6 Å². The summed E-state index contributed by atoms with van der Waals surface area (Å²) in [4.78, 5) is 13.5. The standard InChI is InChI=1S/C18H25FN6S/c1-4-16-22-18(26-23-16)25-9-7-24(8-10-25)17(20-3)21-12-14-5-6-15(19)13(2)11-14/h5-6,11H,4,7-10,12H2,1-3H3,(H,20,21). The zero-order valence-corrected chi connectivity index (χ0v) is 16.3. The summed E-state index contributed by atoms with van der Waals surface area (Å²) >= 11 is 1.48. The molecule has 0 radical (unpaired) electrons. The molecule has 140 valence electrons. The van der Waals surface area contributed by atoms with Crippen LogP contribution in [0.3, 0.4) is 0 Å². The van der Waals surface area contributed by atoms with Crippen LogP contribution in [0.2, 0.25) is 0 Å². The molecule has 0 spiro atoms. The quantitative estimate of drug-likeness (QED) is 0.656. The number of piperazine rings is 1. The minimum Gasteiger partial charge on any atom is -0.352 e. The second-order valence-corrected chi connectivity index (χ2v) is 7.04. The van der Waals surface area contributed by atoms with Gasteiger partial charge in [-0.15, -0.1) is 0 Å². The van der Waals surface area contributed by atoms with E-state index < -0.39 is 0 Å². The number of guanidine groups is 1. The third-order valence-corrected chi connectivity index (χ3v) is 5.32. The van der Waals surface area contributed by atoms with E-state index in [-0.39, 0.29) is 5.82 Å². The minimum absolute atomic E-state index is 0.169. The number of aromatic nitrogens is 2. The van der Waals surface area contributed by atoms with Crippen LogP contribution in [0.15, 0.2) is 23.2 Å². The van der Waals surface area contributed by atoms with Crippen LogP contribution in [0.4, 0.5) is 9.52 Å². The predicted molar refractivity (Wildman–Crippen MR) is 104 cm³/mol. The molecular weight excluding hydrogens is 351 g/mol. The minimum atomic E-state index is -0.169. The molecule has 2 heterocycles. The third-order valence-electron chi connectivity index (χ3n) is 4.51. The number of hydrogen-bond donors (Lipinski definition) is 1. The van der Waals surface area contributed by atoms with Crippen molar-refractivity contribution in [1.82, 2.24) is 19.6 Å². The van der Waals surface area contributed by atoms with Gasteiger partial charge in [-0.2, -0.15) is 4.37 Å². The maximum Gasteiger partial charge on any atom is 0.205 e. The smallest absolute Gasteiger partial charge is 0.205 e. The lowest BCUT2D eigenvalue weighted by Crippen LogP contribution is -2.52. The van der Waals surface area contributed by atoms with E-state index in [0.29, 0.717) is 12.1 Å². The maximum atomic E-state index is 13.4. The molecule has 1 aliphatic heterocycles. The topological polar surface area (TPSA) is 56.7 Å². The number of aliphatic imine (C=N–C) groups is 1. The molecular formula is C18H25FN6S. The van der Waals surface area contributed by atoms with Gasteiger partial charge in [-0.25, -0.2) is 9.37 Å². The van der Waals surface area contributed by atoms with Crippen LogP contribution in [0, 0.1) is 12.7 Å². The number of rotatable bonds is 4. The van der Waals surface area contributed by atoms with Gasteiger partial charge < -0.3 is 15.1 Å². The molecule has 8 heteroatoms. The van der Waals surface area contributed by atoms with Crippen LogP contribution in [0.25, 0.3) is 0 Å². The predicted octanol–water partition coefficient (Wildman–Crippen LogP) is 2.45. The summed E-state index contributed by atoms with van der Waals surface area (Å²) in [5.41, 5.74) is 1.71. The van der Waals surface area contributed by atoms with Gasteiger partial charge in [0, 0.05) is 57.7 Å². The normalized spacial score (nSPS) is 15.5. The van der Waals surface area contributed by atoms with Crippen LogP contribution in [-0.4, -0.2) is 53.4 Å². The first-order chi connectivity index (χ1) is 12.6. The molecule has 0 bridgehead atoms. The molecule has 1 aliphatic rings. The zero-order chi connectivity index (χ0) is 18.5. The number of hydrogen-bond acceptors (Lipinski definition) is 5. The van der Waals surface area contributed by atoms with Crippen molar-refractivity contribution in [2.45, 2.75) is 26.8 Å². The lowest BCUT2D eigenvalue weighted by molar-refractivity contribution is 0.372. The van der Waals surface area contributed by atoms with Crippen LogP contribution >= 0.6 is 11.5 Å². The molecule has 26 heavy (non-hydrogen) atoms. The Morgan fingerprint density at radius 3 is 2.69 bits per heavy atom. The Morgan fingerprint density at radius 1 is 1.31 bits per heavy atom. The highest BCUT2D eigenvalue weighted by Gasteiger charge is 2.22. The molecule has 3 rings (SSSR count). The van der Waals surface area contributed by atoms with Gasteiger partial charge in [0.15, 0.2) is 5.96 Å². The largest absolute Gasteiger partial charge is 0.352 e. The molecule has 2 aromatic rings. The van der Waals surface area contributed by atoms with Crippen LogP contribution < -0.4 is 10.2 Å². The van der Waals surface area contributed by atoms with Crippen molar-refractivity contribution in [3.8, 4) is 0 Å². The zero-order valence-electron chi connectivity index (χ0n) is 15.5. The summed E-state index contributed by atoms with van der Waals surface area (Å²) < 4.78 is 17.8. The highest BCUT2D eigenvalue weighted by Crippen LogP contribution is 2.19. The number of nitrogens with one attached hydrogen (secondary N) is 1. The fourth-order valence-electron chi connectivity index (χ4n) is 2.96.